The molecule has 252 valence electrons. The van der Waals surface area contributed by atoms with Gasteiger partial charge < -0.3 is 0 Å². The molecule has 0 atom stereocenters. The van der Waals surface area contributed by atoms with Crippen LogP contribution in [0.5, 0.6) is 0 Å². The van der Waals surface area contributed by atoms with Crippen molar-refractivity contribution in [3.05, 3.63) is 216 Å². The third-order valence-electron chi connectivity index (χ3n) is 11.2. The van der Waals surface area contributed by atoms with E-state index in [-0.39, 0.29) is 0 Å². The predicted octanol–water partition coefficient (Wildman–Crippen LogP) is 13.4. The molecule has 0 N–H and O–H groups in total. The Bertz CT molecular complexity index is 3000. The number of nitrogens with zero attached hydrogens (tertiary/aromatic N) is 2. The number of hydrogen-bond acceptors (Lipinski definition) is 3. The molecule has 3 heteroatoms. The fraction of sp³-hybridized carbons (Fsp3) is 0.0196. The van der Waals surface area contributed by atoms with Crippen molar-refractivity contribution in [3.8, 4) is 44.9 Å². The van der Waals surface area contributed by atoms with Gasteiger partial charge in [0.2, 0.25) is 0 Å². The van der Waals surface area contributed by atoms with Crippen LogP contribution in [0.25, 0.3) is 76.0 Å². The maximum absolute atomic E-state index is 5.39. The first-order chi connectivity index (χ1) is 26.8. The molecule has 1 aliphatic rings. The Kier molecular flexibility index (Phi) is 6.98. The highest BCUT2D eigenvalue weighted by Crippen LogP contribution is 2.56. The molecule has 2 aromatic heterocycles. The van der Waals surface area contributed by atoms with Crippen LogP contribution >= 0.6 is 11.3 Å². The van der Waals surface area contributed by atoms with Gasteiger partial charge in [-0.25, -0.2) is 9.97 Å². The normalized spacial score (nSPS) is 13.0. The first-order valence-electron chi connectivity index (χ1n) is 18.4. The summed E-state index contributed by atoms with van der Waals surface area (Å²) in [5.74, 6) is 0.727. The van der Waals surface area contributed by atoms with Crippen LogP contribution in [0.1, 0.15) is 22.3 Å². The Morgan fingerprint density at radius 1 is 0.389 bits per heavy atom. The van der Waals surface area contributed by atoms with E-state index in [0.717, 1.165) is 44.7 Å². The highest BCUT2D eigenvalue weighted by molar-refractivity contribution is 7.26. The maximum Gasteiger partial charge on any atom is 0.160 e. The molecule has 1 aliphatic carbocycles. The maximum atomic E-state index is 5.39. The third-order valence-corrected chi connectivity index (χ3v) is 12.3. The molecule has 0 saturated carbocycles. The van der Waals surface area contributed by atoms with Gasteiger partial charge in [-0.15, -0.1) is 11.3 Å². The van der Waals surface area contributed by atoms with Crippen LogP contribution in [0.15, 0.2) is 194 Å². The zero-order valence-corrected chi connectivity index (χ0v) is 30.1. The van der Waals surface area contributed by atoms with Gasteiger partial charge in [0.25, 0.3) is 0 Å². The standard InChI is InChI=1S/C51H32N2S/c1-4-15-33(16-5-1)48-41-28-30-46-47(40-24-11-13-26-45(40)54-46)49(41)53-50(52-48)36-18-14-17-34(31-36)35-27-29-44-42(32-35)39-23-10-12-25-43(39)51(44,37-19-6-2-7-20-37)38-21-8-3-9-22-38/h1-32H. The second-order valence-corrected chi connectivity index (χ2v) is 15.1. The van der Waals surface area contributed by atoms with Gasteiger partial charge >= 0.3 is 0 Å². The van der Waals surface area contributed by atoms with Gasteiger partial charge in [0.05, 0.1) is 16.6 Å². The van der Waals surface area contributed by atoms with Crippen LogP contribution in [0.2, 0.25) is 0 Å². The number of thiophene rings is 1. The minimum absolute atomic E-state index is 0.418. The lowest BCUT2D eigenvalue weighted by Crippen LogP contribution is -2.28. The molecule has 8 aromatic carbocycles. The summed E-state index contributed by atoms with van der Waals surface area (Å²) in [7, 11) is 0. The van der Waals surface area contributed by atoms with E-state index in [4.69, 9.17) is 9.97 Å². The van der Waals surface area contributed by atoms with E-state index in [1.54, 1.807) is 0 Å². The molecule has 11 rings (SSSR count). The van der Waals surface area contributed by atoms with Gasteiger partial charge in [-0.3, -0.25) is 0 Å². The molecule has 10 aromatic rings. The monoisotopic (exact) mass is 704 g/mol. The summed E-state index contributed by atoms with van der Waals surface area (Å²) < 4.78 is 2.51. The number of benzene rings is 8. The average Bonchev–Trinajstić information content (AvgIpc) is 3.78. The van der Waals surface area contributed by atoms with E-state index in [1.165, 1.54) is 53.6 Å². The molecule has 2 heterocycles. The molecular formula is C51H32N2S. The lowest BCUT2D eigenvalue weighted by molar-refractivity contribution is 0.768. The summed E-state index contributed by atoms with van der Waals surface area (Å²) in [6.07, 6.45) is 0. The smallest absolute Gasteiger partial charge is 0.160 e. The van der Waals surface area contributed by atoms with Gasteiger partial charge in [0, 0.05) is 36.7 Å². The Morgan fingerprint density at radius 3 is 1.81 bits per heavy atom. The molecule has 0 radical (unpaired) electrons. The Labute approximate surface area is 317 Å². The molecule has 0 aliphatic heterocycles. The van der Waals surface area contributed by atoms with E-state index in [9.17, 15) is 0 Å². The van der Waals surface area contributed by atoms with E-state index < -0.39 is 5.41 Å². The topological polar surface area (TPSA) is 25.8 Å². The molecule has 54 heavy (non-hydrogen) atoms. The number of rotatable bonds is 5. The van der Waals surface area contributed by atoms with Crippen molar-refractivity contribution in [2.75, 3.05) is 0 Å². The summed E-state index contributed by atoms with van der Waals surface area (Å²) in [5, 5.41) is 3.50. The largest absolute Gasteiger partial charge is 0.227 e. The molecule has 0 bridgehead atoms. The average molecular weight is 705 g/mol. The summed E-state index contributed by atoms with van der Waals surface area (Å²) in [4.78, 5) is 10.7. The van der Waals surface area contributed by atoms with Crippen molar-refractivity contribution in [1.82, 2.24) is 9.97 Å². The highest BCUT2D eigenvalue weighted by atomic mass is 32.1. The van der Waals surface area contributed by atoms with Crippen molar-refractivity contribution in [2.24, 2.45) is 0 Å². The molecule has 0 fully saturated rings. The zero-order chi connectivity index (χ0) is 35.6. The van der Waals surface area contributed by atoms with Crippen LogP contribution in [0.4, 0.5) is 0 Å². The van der Waals surface area contributed by atoms with Gasteiger partial charge in [-0.1, -0.05) is 164 Å². The second kappa shape index (κ2) is 12.2. The molecule has 0 saturated heterocycles. The van der Waals surface area contributed by atoms with Gasteiger partial charge in [0.1, 0.15) is 0 Å². The molecule has 0 amide bonds. The van der Waals surface area contributed by atoms with Crippen molar-refractivity contribution >= 4 is 42.4 Å². The van der Waals surface area contributed by atoms with Crippen LogP contribution in [-0.4, -0.2) is 9.97 Å². The second-order valence-electron chi connectivity index (χ2n) is 14.1. The lowest BCUT2D eigenvalue weighted by Gasteiger charge is -2.33. The lowest BCUT2D eigenvalue weighted by atomic mass is 9.67. The number of fused-ring (bicyclic) bond motifs is 8. The van der Waals surface area contributed by atoms with Gasteiger partial charge in [-0.05, 0) is 74.8 Å². The summed E-state index contributed by atoms with van der Waals surface area (Å²) >= 11 is 1.82. The highest BCUT2D eigenvalue weighted by Gasteiger charge is 2.45. The minimum atomic E-state index is -0.418. The van der Waals surface area contributed by atoms with Gasteiger partial charge in [-0.2, -0.15) is 0 Å². The fourth-order valence-electron chi connectivity index (χ4n) is 8.81. The van der Waals surface area contributed by atoms with Crippen molar-refractivity contribution in [3.63, 3.8) is 0 Å². The summed E-state index contributed by atoms with van der Waals surface area (Å²) in [6.45, 7) is 0. The van der Waals surface area contributed by atoms with Crippen molar-refractivity contribution in [1.29, 1.82) is 0 Å². The fourth-order valence-corrected chi connectivity index (χ4v) is 9.92. The van der Waals surface area contributed by atoms with E-state index in [1.807, 2.05) is 11.3 Å². The first kappa shape index (κ1) is 30.9. The molecule has 2 nitrogen and oxygen atoms in total. The molecule has 0 unspecified atom stereocenters. The van der Waals surface area contributed by atoms with E-state index >= 15 is 0 Å². The summed E-state index contributed by atoms with van der Waals surface area (Å²) in [6, 6.07) is 70.2. The van der Waals surface area contributed by atoms with Crippen molar-refractivity contribution in [2.45, 2.75) is 5.41 Å². The van der Waals surface area contributed by atoms with E-state index in [2.05, 4.69) is 194 Å². The van der Waals surface area contributed by atoms with Crippen molar-refractivity contribution < 1.29 is 0 Å². The Hall–Kier alpha value is -6.68. The number of hydrogen-bond donors (Lipinski definition) is 0. The van der Waals surface area contributed by atoms with Crippen LogP contribution in [-0.2, 0) is 5.41 Å². The van der Waals surface area contributed by atoms with Crippen LogP contribution < -0.4 is 0 Å². The zero-order valence-electron chi connectivity index (χ0n) is 29.3. The molecule has 0 spiro atoms. The molecular weight excluding hydrogens is 673 g/mol. The van der Waals surface area contributed by atoms with Crippen LogP contribution in [0, 0.1) is 0 Å². The summed E-state index contributed by atoms with van der Waals surface area (Å²) in [5.41, 5.74) is 13.6. The third kappa shape index (κ3) is 4.59. The minimum Gasteiger partial charge on any atom is -0.227 e. The number of aromatic nitrogens is 2. The quantitative estimate of drug-likeness (QED) is 0.178. The predicted molar refractivity (Wildman–Crippen MR) is 226 cm³/mol. The van der Waals surface area contributed by atoms with Gasteiger partial charge in [0.15, 0.2) is 5.82 Å². The first-order valence-corrected chi connectivity index (χ1v) is 19.2. The van der Waals surface area contributed by atoms with E-state index in [0.29, 0.717) is 0 Å². The van der Waals surface area contributed by atoms with Crippen LogP contribution in [0.3, 0.4) is 0 Å². The Balaban J connectivity index is 1.11. The SMILES string of the molecule is c1ccc(-c2nc(-c3cccc(-c4ccc5c(c4)-c4ccccc4C5(c4ccccc4)c4ccccc4)c3)nc3c2ccc2sc4ccccc4c23)cc1. The Morgan fingerprint density at radius 2 is 1.02 bits per heavy atom.